The lowest BCUT2D eigenvalue weighted by molar-refractivity contribution is -0.135. The molecule has 0 aromatic heterocycles. The molecule has 3 aromatic carbocycles. The first-order valence-electron chi connectivity index (χ1n) is 10.9. The quantitative estimate of drug-likeness (QED) is 0.549. The maximum Gasteiger partial charge on any atom is 0.338 e. The summed E-state index contributed by atoms with van der Waals surface area (Å²) in [6, 6.07) is 24.8. The van der Waals surface area contributed by atoms with Gasteiger partial charge in [0.15, 0.2) is 0 Å². The van der Waals surface area contributed by atoms with Crippen LogP contribution in [0.25, 0.3) is 0 Å². The molecule has 1 atom stereocenters. The van der Waals surface area contributed by atoms with Crippen molar-refractivity contribution in [1.82, 2.24) is 0 Å². The average molecular weight is 428 g/mol. The van der Waals surface area contributed by atoms with Crippen LogP contribution in [0.1, 0.15) is 46.3 Å². The molecule has 162 valence electrons. The SMILES string of the molecule is O=C1OCc2cc(NC(=O)C(O)(Cc3ccccc3)CC3(c4ccccc4)CC3)ccc21. The van der Waals surface area contributed by atoms with E-state index in [2.05, 4.69) is 17.4 Å². The number of anilines is 1. The van der Waals surface area contributed by atoms with Crippen molar-refractivity contribution in [3.63, 3.8) is 0 Å². The Hall–Kier alpha value is -3.44. The number of aliphatic hydroxyl groups is 1. The van der Waals surface area contributed by atoms with Crippen molar-refractivity contribution in [2.75, 3.05) is 5.32 Å². The fourth-order valence-electron chi connectivity index (χ4n) is 4.69. The van der Waals surface area contributed by atoms with Crippen LogP contribution in [0.3, 0.4) is 0 Å². The first kappa shape index (κ1) is 20.5. The highest BCUT2D eigenvalue weighted by Gasteiger charge is 2.52. The lowest BCUT2D eigenvalue weighted by Gasteiger charge is -2.32. The van der Waals surface area contributed by atoms with Gasteiger partial charge in [0, 0.05) is 17.7 Å². The summed E-state index contributed by atoms with van der Waals surface area (Å²) < 4.78 is 5.05. The van der Waals surface area contributed by atoms with Gasteiger partial charge in [-0.15, -0.1) is 0 Å². The molecule has 3 aromatic rings. The number of amides is 1. The number of fused-ring (bicyclic) bond motifs is 1. The van der Waals surface area contributed by atoms with E-state index in [0.717, 1.165) is 29.5 Å². The van der Waals surface area contributed by atoms with Crippen molar-refractivity contribution < 1.29 is 19.4 Å². The molecule has 1 aliphatic carbocycles. The van der Waals surface area contributed by atoms with E-state index in [4.69, 9.17) is 4.74 Å². The van der Waals surface area contributed by atoms with E-state index in [-0.39, 0.29) is 24.4 Å². The predicted octanol–water partition coefficient (Wildman–Crippen LogP) is 4.39. The smallest absolute Gasteiger partial charge is 0.338 e. The number of rotatable bonds is 7. The molecule has 1 heterocycles. The standard InChI is InChI=1S/C27H25NO4/c29-24-23-12-11-22(15-20(23)17-32-24)28-25(30)27(31,16-19-7-3-1-4-8-19)18-26(13-14-26)21-9-5-2-6-10-21/h1-12,15,31H,13-14,16-18H2,(H,28,30). The summed E-state index contributed by atoms with van der Waals surface area (Å²) in [7, 11) is 0. The third-order valence-electron chi connectivity index (χ3n) is 6.57. The monoisotopic (exact) mass is 427 g/mol. The van der Waals surface area contributed by atoms with Gasteiger partial charge in [-0.05, 0) is 54.0 Å². The predicted molar refractivity (Wildman–Crippen MR) is 121 cm³/mol. The number of esters is 1. The van der Waals surface area contributed by atoms with Crippen LogP contribution in [0.15, 0.2) is 78.9 Å². The Morgan fingerprint density at radius 1 is 1.00 bits per heavy atom. The van der Waals surface area contributed by atoms with Crippen LogP contribution in [0, 0.1) is 0 Å². The first-order chi connectivity index (χ1) is 15.5. The number of ether oxygens (including phenoxy) is 1. The molecule has 2 aliphatic rings. The number of hydrogen-bond donors (Lipinski definition) is 2. The highest BCUT2D eigenvalue weighted by molar-refractivity contribution is 5.99. The lowest BCUT2D eigenvalue weighted by atomic mass is 9.79. The van der Waals surface area contributed by atoms with Gasteiger partial charge in [0.1, 0.15) is 12.2 Å². The topological polar surface area (TPSA) is 75.6 Å². The molecule has 5 heteroatoms. The third-order valence-corrected chi connectivity index (χ3v) is 6.57. The highest BCUT2D eigenvalue weighted by atomic mass is 16.5. The van der Waals surface area contributed by atoms with Gasteiger partial charge in [-0.3, -0.25) is 4.79 Å². The molecule has 32 heavy (non-hydrogen) atoms. The van der Waals surface area contributed by atoms with Crippen LogP contribution in [0.5, 0.6) is 0 Å². The van der Waals surface area contributed by atoms with Crippen molar-refractivity contribution in [3.05, 3.63) is 101 Å². The summed E-state index contributed by atoms with van der Waals surface area (Å²) in [5.74, 6) is -0.786. The van der Waals surface area contributed by atoms with Crippen LogP contribution < -0.4 is 5.32 Å². The van der Waals surface area contributed by atoms with Crippen LogP contribution >= 0.6 is 0 Å². The van der Waals surface area contributed by atoms with E-state index in [1.165, 1.54) is 0 Å². The van der Waals surface area contributed by atoms with Crippen LogP contribution in [-0.2, 0) is 28.0 Å². The normalized spacial score (nSPS) is 17.7. The molecule has 5 nitrogen and oxygen atoms in total. The summed E-state index contributed by atoms with van der Waals surface area (Å²) >= 11 is 0. The third kappa shape index (κ3) is 3.92. The first-order valence-corrected chi connectivity index (χ1v) is 10.9. The van der Waals surface area contributed by atoms with Gasteiger partial charge in [0.2, 0.25) is 0 Å². The number of carbonyl (C=O) groups excluding carboxylic acids is 2. The Bertz CT molecular complexity index is 1150. The number of nitrogens with one attached hydrogen (secondary N) is 1. The second-order valence-corrected chi connectivity index (χ2v) is 8.92. The fraction of sp³-hybridized carbons (Fsp3) is 0.259. The summed E-state index contributed by atoms with van der Waals surface area (Å²) in [6.07, 6.45) is 2.46. The van der Waals surface area contributed by atoms with Crippen LogP contribution in [0.2, 0.25) is 0 Å². The van der Waals surface area contributed by atoms with E-state index in [1.54, 1.807) is 18.2 Å². The molecule has 1 aliphatic heterocycles. The molecule has 2 N–H and O–H groups in total. The van der Waals surface area contributed by atoms with E-state index >= 15 is 0 Å². The Morgan fingerprint density at radius 3 is 2.38 bits per heavy atom. The van der Waals surface area contributed by atoms with Crippen molar-refractivity contribution in [1.29, 1.82) is 0 Å². The molecule has 1 saturated carbocycles. The van der Waals surface area contributed by atoms with Gasteiger partial charge >= 0.3 is 5.97 Å². The molecule has 1 fully saturated rings. The lowest BCUT2D eigenvalue weighted by Crippen LogP contribution is -2.47. The van der Waals surface area contributed by atoms with Crippen LogP contribution in [-0.4, -0.2) is 22.6 Å². The van der Waals surface area contributed by atoms with Gasteiger partial charge in [-0.25, -0.2) is 4.79 Å². The van der Waals surface area contributed by atoms with E-state index in [9.17, 15) is 14.7 Å². The number of hydrogen-bond acceptors (Lipinski definition) is 4. The van der Waals surface area contributed by atoms with E-state index in [1.807, 2.05) is 48.5 Å². The molecule has 0 bridgehead atoms. The van der Waals surface area contributed by atoms with Gasteiger partial charge in [-0.1, -0.05) is 60.7 Å². The molecule has 0 spiro atoms. The molecule has 1 amide bonds. The largest absolute Gasteiger partial charge is 0.457 e. The van der Waals surface area contributed by atoms with Crippen LogP contribution in [0.4, 0.5) is 5.69 Å². The summed E-state index contributed by atoms with van der Waals surface area (Å²) in [6.45, 7) is 0.198. The van der Waals surface area contributed by atoms with Crippen molar-refractivity contribution in [2.45, 2.75) is 43.3 Å². The molecule has 0 radical (unpaired) electrons. The summed E-state index contributed by atoms with van der Waals surface area (Å²) in [4.78, 5) is 25.2. The second-order valence-electron chi connectivity index (χ2n) is 8.92. The minimum atomic E-state index is -1.58. The Balaban J connectivity index is 1.43. The van der Waals surface area contributed by atoms with Crippen molar-refractivity contribution in [2.24, 2.45) is 0 Å². The zero-order valence-electron chi connectivity index (χ0n) is 17.7. The Kier molecular flexibility index (Phi) is 5.06. The fourth-order valence-corrected chi connectivity index (χ4v) is 4.69. The van der Waals surface area contributed by atoms with E-state index in [0.29, 0.717) is 17.7 Å². The second kappa shape index (κ2) is 7.92. The zero-order chi connectivity index (χ0) is 22.2. The number of carbonyl (C=O) groups is 2. The molecular weight excluding hydrogens is 402 g/mol. The van der Waals surface area contributed by atoms with Gasteiger partial charge in [0.25, 0.3) is 5.91 Å². The zero-order valence-corrected chi connectivity index (χ0v) is 17.7. The number of cyclic esters (lactones) is 1. The Morgan fingerprint density at radius 2 is 1.69 bits per heavy atom. The summed E-state index contributed by atoms with van der Waals surface area (Å²) in [5.41, 5.74) is 2.09. The maximum atomic E-state index is 13.5. The molecular formula is C27H25NO4. The molecule has 5 rings (SSSR count). The van der Waals surface area contributed by atoms with Crippen molar-refractivity contribution >= 4 is 17.6 Å². The minimum Gasteiger partial charge on any atom is -0.457 e. The molecule has 1 unspecified atom stereocenters. The number of benzene rings is 3. The Labute approximate surface area is 187 Å². The van der Waals surface area contributed by atoms with Crippen molar-refractivity contribution in [3.8, 4) is 0 Å². The van der Waals surface area contributed by atoms with Gasteiger partial charge in [0.05, 0.1) is 5.56 Å². The minimum absolute atomic E-state index is 0.194. The summed E-state index contributed by atoms with van der Waals surface area (Å²) in [5, 5.41) is 14.7. The molecule has 0 saturated heterocycles. The average Bonchev–Trinajstić information content (AvgIpc) is 3.50. The van der Waals surface area contributed by atoms with Gasteiger partial charge in [-0.2, -0.15) is 0 Å². The highest BCUT2D eigenvalue weighted by Crippen LogP contribution is 2.53. The van der Waals surface area contributed by atoms with Gasteiger partial charge < -0.3 is 15.2 Å². The van der Waals surface area contributed by atoms with E-state index < -0.39 is 11.5 Å². The maximum absolute atomic E-state index is 13.5.